The monoisotopic (exact) mass is 190 g/mol. The van der Waals surface area contributed by atoms with E-state index in [0.717, 1.165) is 25.7 Å². The number of halogens is 1. The molecule has 0 amide bonds. The van der Waals surface area contributed by atoms with Gasteiger partial charge >= 0.3 is 0 Å². The van der Waals surface area contributed by atoms with Crippen molar-refractivity contribution < 1.29 is 9.21 Å². The third-order valence-corrected chi connectivity index (χ3v) is 4.16. The Kier molecular flexibility index (Phi) is 2.94. The Morgan fingerprint density at radius 3 is 2.25 bits per heavy atom. The number of hydrogen-bond acceptors (Lipinski definition) is 1. The summed E-state index contributed by atoms with van der Waals surface area (Å²) in [5, 5.41) is 9.91. The normalized spacial score (nSPS) is 23.0. The van der Waals surface area contributed by atoms with Gasteiger partial charge in [-0.05, 0) is 38.4 Å². The van der Waals surface area contributed by atoms with Crippen LogP contribution in [0.1, 0.15) is 32.1 Å². The average molecular weight is 190 g/mol. The van der Waals surface area contributed by atoms with Crippen LogP contribution in [0.25, 0.3) is 0 Å². The Hall–Kier alpha value is 0.107. The molecule has 1 nitrogen and oxygen atoms in total. The first-order valence-electron chi connectivity index (χ1n) is 4.83. The third-order valence-electron chi connectivity index (χ3n) is 2.72. The molecule has 0 radical (unpaired) electrons. The summed E-state index contributed by atoms with van der Waals surface area (Å²) in [5.41, 5.74) is -0.504. The fraction of sp³-hybridized carbons (Fsp3) is 1.00. The van der Waals surface area contributed by atoms with E-state index in [1.54, 1.807) is 13.1 Å². The van der Waals surface area contributed by atoms with E-state index in [1.807, 2.05) is 0 Å². The van der Waals surface area contributed by atoms with Crippen LogP contribution < -0.4 is 0 Å². The average Bonchev–Trinajstić information content (AvgIpc) is 2.32. The lowest BCUT2D eigenvalue weighted by Crippen LogP contribution is -2.28. The molecule has 0 heterocycles. The molecule has 72 valence electrons. The predicted octanol–water partition coefficient (Wildman–Crippen LogP) is 2.86. The van der Waals surface area contributed by atoms with Crippen molar-refractivity contribution in [3.8, 4) is 0 Å². The number of rotatable bonds is 3. The van der Waals surface area contributed by atoms with Crippen LogP contribution in [0.3, 0.4) is 0 Å². The zero-order valence-corrected chi connectivity index (χ0v) is 9.07. The molecule has 0 bridgehead atoms. The molecule has 1 fully saturated rings. The van der Waals surface area contributed by atoms with Gasteiger partial charge in [0.1, 0.15) is 0 Å². The summed E-state index contributed by atoms with van der Waals surface area (Å²) in [7, 11) is -2.43. The Morgan fingerprint density at radius 2 is 1.83 bits per heavy atom. The topological polar surface area (TPSA) is 20.2 Å². The highest BCUT2D eigenvalue weighted by atomic mass is 28.4. The van der Waals surface area contributed by atoms with E-state index >= 15 is 0 Å². The second kappa shape index (κ2) is 3.46. The molecule has 0 aromatic carbocycles. The van der Waals surface area contributed by atoms with Gasteiger partial charge in [0.25, 0.3) is 0 Å². The highest BCUT2D eigenvalue weighted by Gasteiger charge is 2.33. The van der Waals surface area contributed by atoms with Gasteiger partial charge in [0.2, 0.25) is 8.41 Å². The van der Waals surface area contributed by atoms with E-state index in [1.165, 1.54) is 0 Å². The largest absolute Gasteiger partial charge is 0.390 e. The molecule has 3 heteroatoms. The Balaban J connectivity index is 2.30. The van der Waals surface area contributed by atoms with Crippen LogP contribution in [-0.4, -0.2) is 19.1 Å². The molecule has 0 aromatic heterocycles. The highest BCUT2D eigenvalue weighted by Crippen LogP contribution is 2.35. The maximum Gasteiger partial charge on any atom is 0.241 e. The molecule has 1 aliphatic rings. The fourth-order valence-electron chi connectivity index (χ4n) is 1.81. The van der Waals surface area contributed by atoms with Crippen LogP contribution in [0.5, 0.6) is 0 Å². The van der Waals surface area contributed by atoms with Crippen molar-refractivity contribution in [3.63, 3.8) is 0 Å². The molecule has 0 unspecified atom stereocenters. The van der Waals surface area contributed by atoms with Crippen molar-refractivity contribution >= 4 is 8.41 Å². The number of aliphatic hydroxyl groups is 1. The molecule has 0 aliphatic heterocycles. The van der Waals surface area contributed by atoms with E-state index in [-0.39, 0.29) is 0 Å². The van der Waals surface area contributed by atoms with Crippen molar-refractivity contribution in [2.75, 3.05) is 0 Å². The summed E-state index contributed by atoms with van der Waals surface area (Å²) in [6, 6.07) is 0.615. The van der Waals surface area contributed by atoms with Gasteiger partial charge in [-0.25, -0.2) is 0 Å². The van der Waals surface area contributed by atoms with Gasteiger partial charge in [-0.2, -0.15) is 0 Å². The van der Waals surface area contributed by atoms with Crippen molar-refractivity contribution in [1.29, 1.82) is 0 Å². The molecule has 0 atom stereocenters. The summed E-state index contributed by atoms with van der Waals surface area (Å²) in [4.78, 5) is 0. The zero-order chi connectivity index (χ0) is 9.24. The van der Waals surface area contributed by atoms with Crippen LogP contribution in [0, 0.1) is 0 Å². The predicted molar refractivity (Wildman–Crippen MR) is 51.4 cm³/mol. The summed E-state index contributed by atoms with van der Waals surface area (Å²) >= 11 is 0. The van der Waals surface area contributed by atoms with E-state index in [2.05, 4.69) is 0 Å². The van der Waals surface area contributed by atoms with Crippen LogP contribution in [0.4, 0.5) is 4.11 Å². The quantitative estimate of drug-likeness (QED) is 0.536. The molecule has 0 aromatic rings. The Bertz CT molecular complexity index is 147. The Morgan fingerprint density at radius 1 is 1.33 bits per heavy atom. The first-order chi connectivity index (χ1) is 5.41. The smallest absolute Gasteiger partial charge is 0.241 e. The maximum atomic E-state index is 13.2. The van der Waals surface area contributed by atoms with Crippen molar-refractivity contribution in [1.82, 2.24) is 0 Å². The Labute approximate surface area is 75.2 Å². The second-order valence-electron chi connectivity index (χ2n) is 4.65. The van der Waals surface area contributed by atoms with Gasteiger partial charge < -0.3 is 9.21 Å². The minimum atomic E-state index is -2.43. The van der Waals surface area contributed by atoms with E-state index in [9.17, 15) is 9.21 Å². The zero-order valence-electron chi connectivity index (χ0n) is 8.07. The molecule has 1 N–H and O–H groups in total. The molecule has 0 spiro atoms. The van der Waals surface area contributed by atoms with Crippen LogP contribution in [-0.2, 0) is 0 Å². The van der Waals surface area contributed by atoms with Crippen LogP contribution >= 0.6 is 0 Å². The van der Waals surface area contributed by atoms with Crippen LogP contribution in [0.15, 0.2) is 0 Å². The van der Waals surface area contributed by atoms with E-state index in [4.69, 9.17) is 0 Å². The first kappa shape index (κ1) is 10.2. The molecule has 12 heavy (non-hydrogen) atoms. The van der Waals surface area contributed by atoms with E-state index < -0.39 is 14.0 Å². The van der Waals surface area contributed by atoms with Gasteiger partial charge in [0.05, 0.1) is 5.60 Å². The summed E-state index contributed by atoms with van der Waals surface area (Å²) in [6.45, 7) is 3.43. The standard InChI is InChI=1S/C9H19FOSi/c1-12(2,10)8-7-9(11)5-3-4-6-9/h11H,3-8H2,1-2H3. The highest BCUT2D eigenvalue weighted by molar-refractivity contribution is 6.70. The minimum absolute atomic E-state index is 0.504. The van der Waals surface area contributed by atoms with Crippen LogP contribution in [0.2, 0.25) is 19.1 Å². The van der Waals surface area contributed by atoms with Gasteiger partial charge in [-0.15, -0.1) is 0 Å². The minimum Gasteiger partial charge on any atom is -0.390 e. The molecular weight excluding hydrogens is 171 g/mol. The lowest BCUT2D eigenvalue weighted by molar-refractivity contribution is 0.0431. The van der Waals surface area contributed by atoms with Crippen molar-refractivity contribution in [2.24, 2.45) is 0 Å². The molecule has 0 saturated heterocycles. The second-order valence-corrected chi connectivity index (χ2v) is 8.59. The third kappa shape index (κ3) is 3.23. The lowest BCUT2D eigenvalue weighted by atomic mass is 10.00. The fourth-order valence-corrected chi connectivity index (χ4v) is 2.87. The molecule has 1 saturated carbocycles. The summed E-state index contributed by atoms with van der Waals surface area (Å²) in [6.07, 6.45) is 4.69. The summed E-state index contributed by atoms with van der Waals surface area (Å²) < 4.78 is 13.2. The summed E-state index contributed by atoms with van der Waals surface area (Å²) in [5.74, 6) is 0. The van der Waals surface area contributed by atoms with Gasteiger partial charge in [-0.3, -0.25) is 0 Å². The van der Waals surface area contributed by atoms with Gasteiger partial charge in [-0.1, -0.05) is 12.8 Å². The van der Waals surface area contributed by atoms with Crippen molar-refractivity contribution in [3.05, 3.63) is 0 Å². The molecular formula is C9H19FOSi. The van der Waals surface area contributed by atoms with Crippen molar-refractivity contribution in [2.45, 2.75) is 56.8 Å². The van der Waals surface area contributed by atoms with Gasteiger partial charge in [0.15, 0.2) is 0 Å². The van der Waals surface area contributed by atoms with E-state index in [0.29, 0.717) is 12.5 Å². The SMILES string of the molecule is C[Si](C)(F)CCC1(O)CCCC1. The molecule has 1 aliphatic carbocycles. The first-order valence-corrected chi connectivity index (χ1v) is 7.91. The molecule has 1 rings (SSSR count). The lowest BCUT2D eigenvalue weighted by Gasteiger charge is -2.24. The maximum absolute atomic E-state index is 13.2. The number of hydrogen-bond donors (Lipinski definition) is 1. The van der Waals surface area contributed by atoms with Gasteiger partial charge in [0, 0.05) is 0 Å².